The zero-order valence-corrected chi connectivity index (χ0v) is 18.1. The van der Waals surface area contributed by atoms with E-state index in [0.29, 0.717) is 36.9 Å². The Labute approximate surface area is 185 Å². The zero-order valence-electron chi connectivity index (χ0n) is 17.3. The van der Waals surface area contributed by atoms with Crippen molar-refractivity contribution in [3.8, 4) is 0 Å². The molecule has 1 amide bonds. The second kappa shape index (κ2) is 9.41. The summed E-state index contributed by atoms with van der Waals surface area (Å²) in [6, 6.07) is 5.39. The molecule has 10 nitrogen and oxygen atoms in total. The van der Waals surface area contributed by atoms with Crippen molar-refractivity contribution in [1.82, 2.24) is 14.8 Å². The maximum Gasteiger partial charge on any atom is 0.292 e. The molecule has 2 saturated heterocycles. The molecule has 0 saturated carbocycles. The van der Waals surface area contributed by atoms with Crippen LogP contribution in [0.25, 0.3) is 0 Å². The Hall–Kier alpha value is -2.37. The van der Waals surface area contributed by atoms with Crippen LogP contribution in [0, 0.1) is 0 Å². The Balaban J connectivity index is 1.34. The molecular weight excluding hydrogens is 424 g/mol. The van der Waals surface area contributed by atoms with Gasteiger partial charge in [-0.3, -0.25) is 9.69 Å². The fourth-order valence-electron chi connectivity index (χ4n) is 3.85. The number of carbonyl (C=O) groups is 1. The number of benzene rings is 1. The van der Waals surface area contributed by atoms with Crippen molar-refractivity contribution < 1.29 is 19.1 Å². The van der Waals surface area contributed by atoms with E-state index in [1.54, 1.807) is 6.07 Å². The van der Waals surface area contributed by atoms with Crippen LogP contribution in [-0.2, 0) is 4.74 Å². The van der Waals surface area contributed by atoms with Crippen molar-refractivity contribution >= 4 is 34.9 Å². The number of likely N-dealkylation sites (N-methyl/N-ethyl adjacent to an activating group) is 1. The van der Waals surface area contributed by atoms with Gasteiger partial charge in [-0.15, -0.1) is 0 Å². The number of ether oxygens (including phenoxy) is 1. The van der Waals surface area contributed by atoms with E-state index in [1.165, 1.54) is 6.26 Å². The Morgan fingerprint density at radius 3 is 2.77 bits per heavy atom. The van der Waals surface area contributed by atoms with E-state index in [9.17, 15) is 9.90 Å². The lowest BCUT2D eigenvalue weighted by atomic mass is 10.2. The molecule has 2 fully saturated rings. The molecule has 168 valence electrons. The largest absolute Gasteiger partial charge is 0.431 e. The molecule has 4 N–H and O–H groups in total. The second-order valence-corrected chi connectivity index (χ2v) is 8.25. The molecule has 2 aliphatic heterocycles. The van der Waals surface area contributed by atoms with E-state index in [4.69, 9.17) is 26.5 Å². The van der Waals surface area contributed by atoms with E-state index in [1.807, 2.05) is 17.0 Å². The van der Waals surface area contributed by atoms with Gasteiger partial charge in [0.15, 0.2) is 5.69 Å². The number of amides is 1. The molecule has 0 aliphatic carbocycles. The van der Waals surface area contributed by atoms with Crippen molar-refractivity contribution in [2.24, 2.45) is 0 Å². The van der Waals surface area contributed by atoms with Crippen LogP contribution >= 0.6 is 11.6 Å². The number of likely N-dealkylation sites (tertiary alicyclic amines) is 1. The lowest BCUT2D eigenvalue weighted by Gasteiger charge is -2.38. The van der Waals surface area contributed by atoms with E-state index < -0.39 is 12.3 Å². The first-order valence-corrected chi connectivity index (χ1v) is 10.6. The number of hydrogen-bond acceptors (Lipinski definition) is 9. The number of oxazole rings is 1. The molecule has 4 rings (SSSR count). The first-order chi connectivity index (χ1) is 14.9. The van der Waals surface area contributed by atoms with Crippen molar-refractivity contribution in [2.45, 2.75) is 18.9 Å². The standard InChI is InChI=1S/C20H27ClN6O4/c1-25-5-4-14(11-25)31-20(29)27-8-6-26(7-9-27)13-2-3-15(21)16(10-13)23-18(28)17-12-30-19(22)24-17/h2-3,10,12,14,20,29H,4-9,11H2,1H3,(H2,22,24)(H,23,28). The third-order valence-corrected chi connectivity index (χ3v) is 5.94. The minimum atomic E-state index is -0.895. The first kappa shape index (κ1) is 21.8. The molecule has 1 aromatic carbocycles. The van der Waals surface area contributed by atoms with Gasteiger partial charge < -0.3 is 35.1 Å². The van der Waals surface area contributed by atoms with Gasteiger partial charge in [0.2, 0.25) is 6.41 Å². The third-order valence-electron chi connectivity index (χ3n) is 5.61. The number of aromatic nitrogens is 1. The average Bonchev–Trinajstić information content (AvgIpc) is 3.37. The van der Waals surface area contributed by atoms with Gasteiger partial charge in [-0.05, 0) is 31.7 Å². The maximum atomic E-state index is 12.3. The third kappa shape index (κ3) is 5.28. The number of carbonyl (C=O) groups excluding carboxylic acids is 1. The number of aliphatic hydroxyl groups excluding tert-OH is 1. The highest BCUT2D eigenvalue weighted by molar-refractivity contribution is 6.34. The summed E-state index contributed by atoms with van der Waals surface area (Å²) in [5.41, 5.74) is 6.90. The van der Waals surface area contributed by atoms with Crippen molar-refractivity contribution in [2.75, 3.05) is 62.3 Å². The number of aliphatic hydroxyl groups is 1. The van der Waals surface area contributed by atoms with Crippen LogP contribution in [0.15, 0.2) is 28.9 Å². The Kier molecular flexibility index (Phi) is 6.63. The summed E-state index contributed by atoms with van der Waals surface area (Å²) in [6.07, 6.45) is 1.31. The Morgan fingerprint density at radius 2 is 2.13 bits per heavy atom. The quantitative estimate of drug-likeness (QED) is 0.559. The van der Waals surface area contributed by atoms with Gasteiger partial charge in [0.05, 0.1) is 16.8 Å². The van der Waals surface area contributed by atoms with E-state index in [-0.39, 0.29) is 17.8 Å². The average molecular weight is 451 g/mol. The highest BCUT2D eigenvalue weighted by atomic mass is 35.5. The summed E-state index contributed by atoms with van der Waals surface area (Å²) < 4.78 is 10.7. The maximum absolute atomic E-state index is 12.3. The number of halogens is 1. The van der Waals surface area contributed by atoms with Gasteiger partial charge >= 0.3 is 0 Å². The van der Waals surface area contributed by atoms with Gasteiger partial charge in [0.1, 0.15) is 6.26 Å². The number of nitrogens with zero attached hydrogens (tertiary/aromatic N) is 4. The number of hydrogen-bond donors (Lipinski definition) is 3. The molecule has 2 aromatic rings. The molecule has 1 aromatic heterocycles. The van der Waals surface area contributed by atoms with Crippen LogP contribution in [-0.4, -0.2) is 84.6 Å². The monoisotopic (exact) mass is 450 g/mol. The van der Waals surface area contributed by atoms with Crippen molar-refractivity contribution in [3.63, 3.8) is 0 Å². The minimum Gasteiger partial charge on any atom is -0.431 e. The van der Waals surface area contributed by atoms with Crippen LogP contribution in [0.1, 0.15) is 16.9 Å². The summed E-state index contributed by atoms with van der Waals surface area (Å²) >= 11 is 6.26. The Morgan fingerprint density at radius 1 is 1.35 bits per heavy atom. The number of piperazine rings is 1. The summed E-state index contributed by atoms with van der Waals surface area (Å²) in [5, 5.41) is 13.6. The number of nitrogens with two attached hydrogens (primary N) is 1. The fraction of sp³-hybridized carbons (Fsp3) is 0.500. The fourth-order valence-corrected chi connectivity index (χ4v) is 4.01. The smallest absolute Gasteiger partial charge is 0.292 e. The number of rotatable bonds is 6. The predicted molar refractivity (Wildman–Crippen MR) is 117 cm³/mol. The van der Waals surface area contributed by atoms with Gasteiger partial charge in [-0.2, -0.15) is 4.98 Å². The summed E-state index contributed by atoms with van der Waals surface area (Å²) in [7, 11) is 2.05. The molecule has 0 spiro atoms. The lowest BCUT2D eigenvalue weighted by molar-refractivity contribution is -0.215. The highest BCUT2D eigenvalue weighted by Crippen LogP contribution is 2.29. The van der Waals surface area contributed by atoms with Crippen LogP contribution in [0.3, 0.4) is 0 Å². The molecular formula is C20H27ClN6O4. The molecule has 3 heterocycles. The van der Waals surface area contributed by atoms with Crippen molar-refractivity contribution in [1.29, 1.82) is 0 Å². The minimum absolute atomic E-state index is 0.0699. The zero-order chi connectivity index (χ0) is 22.0. The van der Waals surface area contributed by atoms with Gasteiger partial charge in [-0.25, -0.2) is 0 Å². The number of nitrogen functional groups attached to an aromatic ring is 1. The summed E-state index contributed by atoms with van der Waals surface area (Å²) in [5.74, 6) is -0.456. The van der Waals surface area contributed by atoms with Crippen LogP contribution in [0.5, 0.6) is 0 Å². The van der Waals surface area contributed by atoms with Gasteiger partial charge in [0, 0.05) is 45.0 Å². The second-order valence-electron chi connectivity index (χ2n) is 7.85. The molecule has 2 unspecified atom stereocenters. The summed E-state index contributed by atoms with van der Waals surface area (Å²) in [6.45, 7) is 4.57. The molecule has 0 bridgehead atoms. The normalized spacial score (nSPS) is 21.4. The topological polar surface area (TPSA) is 120 Å². The molecule has 2 atom stereocenters. The lowest BCUT2D eigenvalue weighted by Crippen LogP contribution is -2.52. The van der Waals surface area contributed by atoms with Gasteiger partial charge in [0.25, 0.3) is 11.9 Å². The summed E-state index contributed by atoms with van der Waals surface area (Å²) in [4.78, 5) is 22.5. The predicted octanol–water partition coefficient (Wildman–Crippen LogP) is 1.28. The van der Waals surface area contributed by atoms with E-state index in [2.05, 4.69) is 27.1 Å². The number of anilines is 3. The number of nitrogens with one attached hydrogen (secondary N) is 1. The molecule has 11 heteroatoms. The van der Waals surface area contributed by atoms with Crippen LogP contribution in [0.2, 0.25) is 5.02 Å². The Bertz CT molecular complexity index is 917. The van der Waals surface area contributed by atoms with Crippen LogP contribution < -0.4 is 16.0 Å². The SMILES string of the molecule is CN1CCC(OC(O)N2CCN(c3ccc(Cl)c(NC(=O)c4coc(N)n4)c3)CC2)C1. The van der Waals surface area contributed by atoms with Crippen LogP contribution in [0.4, 0.5) is 17.4 Å². The van der Waals surface area contributed by atoms with Gasteiger partial charge in [-0.1, -0.05) is 11.6 Å². The van der Waals surface area contributed by atoms with E-state index >= 15 is 0 Å². The first-order valence-electron chi connectivity index (χ1n) is 10.2. The molecule has 31 heavy (non-hydrogen) atoms. The molecule has 0 radical (unpaired) electrons. The van der Waals surface area contributed by atoms with Crippen molar-refractivity contribution in [3.05, 3.63) is 35.2 Å². The molecule has 2 aliphatic rings. The van der Waals surface area contributed by atoms with E-state index in [0.717, 1.165) is 25.2 Å². The highest BCUT2D eigenvalue weighted by Gasteiger charge is 2.28.